The van der Waals surface area contributed by atoms with Gasteiger partial charge in [0.25, 0.3) is 5.91 Å². The third-order valence-electron chi connectivity index (χ3n) is 2.78. The summed E-state index contributed by atoms with van der Waals surface area (Å²) in [5.74, 6) is 0.267. The molecular weight excluding hydrogens is 256 g/mol. The molecule has 0 spiro atoms. The molecule has 0 saturated carbocycles. The molecule has 6 nitrogen and oxygen atoms in total. The summed E-state index contributed by atoms with van der Waals surface area (Å²) in [6.07, 6.45) is 1.87. The van der Waals surface area contributed by atoms with E-state index < -0.39 is 9.84 Å². The molecule has 0 bridgehead atoms. The van der Waals surface area contributed by atoms with Gasteiger partial charge in [0, 0.05) is 18.3 Å². The van der Waals surface area contributed by atoms with Crippen molar-refractivity contribution in [1.82, 2.24) is 10.3 Å². The van der Waals surface area contributed by atoms with Crippen LogP contribution < -0.4 is 10.1 Å². The van der Waals surface area contributed by atoms with Gasteiger partial charge in [0.15, 0.2) is 9.84 Å². The van der Waals surface area contributed by atoms with E-state index in [0.29, 0.717) is 17.9 Å². The maximum atomic E-state index is 11.8. The fraction of sp³-hybridized carbons (Fsp3) is 0.455. The fourth-order valence-electron chi connectivity index (χ4n) is 1.81. The van der Waals surface area contributed by atoms with Gasteiger partial charge >= 0.3 is 0 Å². The van der Waals surface area contributed by atoms with Crippen LogP contribution in [0, 0.1) is 0 Å². The van der Waals surface area contributed by atoms with E-state index in [9.17, 15) is 13.2 Å². The molecule has 1 unspecified atom stereocenters. The molecule has 2 heterocycles. The largest absolute Gasteiger partial charge is 0.481 e. The molecular formula is C11H14N2O4S. The Morgan fingerprint density at radius 3 is 2.78 bits per heavy atom. The van der Waals surface area contributed by atoms with Crippen LogP contribution in [0.25, 0.3) is 0 Å². The van der Waals surface area contributed by atoms with E-state index in [1.165, 1.54) is 13.3 Å². The summed E-state index contributed by atoms with van der Waals surface area (Å²) in [7, 11) is -1.49. The summed E-state index contributed by atoms with van der Waals surface area (Å²) < 4.78 is 27.4. The number of carbonyl (C=O) groups excluding carboxylic acids is 1. The zero-order valence-corrected chi connectivity index (χ0v) is 10.7. The number of hydrogen-bond donors (Lipinski definition) is 1. The van der Waals surface area contributed by atoms with Gasteiger partial charge in [-0.05, 0) is 12.5 Å². The summed E-state index contributed by atoms with van der Waals surface area (Å²) in [5.41, 5.74) is 0.389. The number of methoxy groups -OCH3 is 1. The first kappa shape index (κ1) is 12.8. The molecule has 1 atom stereocenters. The number of ether oxygens (including phenoxy) is 1. The molecule has 7 heteroatoms. The molecule has 1 aliphatic heterocycles. The van der Waals surface area contributed by atoms with Crippen molar-refractivity contribution in [1.29, 1.82) is 0 Å². The average molecular weight is 270 g/mol. The van der Waals surface area contributed by atoms with E-state index in [2.05, 4.69) is 10.3 Å². The molecule has 0 radical (unpaired) electrons. The Kier molecular flexibility index (Phi) is 3.51. The summed E-state index contributed by atoms with van der Waals surface area (Å²) in [6, 6.07) is 2.87. The van der Waals surface area contributed by atoms with Crippen molar-refractivity contribution >= 4 is 15.7 Å². The molecule has 1 aromatic rings. The SMILES string of the molecule is COc1ccc(C(=O)NC2CCS(=O)(=O)C2)cn1. The Hall–Kier alpha value is -1.63. The number of pyridine rings is 1. The first-order chi connectivity index (χ1) is 8.50. The highest BCUT2D eigenvalue weighted by Crippen LogP contribution is 2.12. The highest BCUT2D eigenvalue weighted by Gasteiger charge is 2.29. The fourth-order valence-corrected chi connectivity index (χ4v) is 3.49. The van der Waals surface area contributed by atoms with Gasteiger partial charge in [0.2, 0.25) is 5.88 Å². The molecule has 98 valence electrons. The smallest absolute Gasteiger partial charge is 0.253 e. The van der Waals surface area contributed by atoms with Crippen molar-refractivity contribution < 1.29 is 17.9 Å². The summed E-state index contributed by atoms with van der Waals surface area (Å²) >= 11 is 0. The lowest BCUT2D eigenvalue weighted by Crippen LogP contribution is -2.35. The maximum absolute atomic E-state index is 11.8. The highest BCUT2D eigenvalue weighted by molar-refractivity contribution is 7.91. The second kappa shape index (κ2) is 4.93. The van der Waals surface area contributed by atoms with Crippen LogP contribution in [0.3, 0.4) is 0 Å². The van der Waals surface area contributed by atoms with Crippen molar-refractivity contribution in [2.24, 2.45) is 0 Å². The van der Waals surface area contributed by atoms with E-state index >= 15 is 0 Å². The average Bonchev–Trinajstić information content (AvgIpc) is 2.68. The van der Waals surface area contributed by atoms with Crippen LogP contribution >= 0.6 is 0 Å². The number of nitrogens with zero attached hydrogens (tertiary/aromatic N) is 1. The third-order valence-corrected chi connectivity index (χ3v) is 4.54. The first-order valence-corrected chi connectivity index (χ1v) is 7.33. The van der Waals surface area contributed by atoms with Gasteiger partial charge in [-0.2, -0.15) is 0 Å². The van der Waals surface area contributed by atoms with Crippen molar-refractivity contribution in [3.8, 4) is 5.88 Å². The van der Waals surface area contributed by atoms with Crippen LogP contribution in [0.4, 0.5) is 0 Å². The molecule has 0 aliphatic carbocycles. The molecule has 1 saturated heterocycles. The number of aromatic nitrogens is 1. The molecule has 2 rings (SSSR count). The zero-order chi connectivity index (χ0) is 13.2. The number of sulfone groups is 1. The van der Waals surface area contributed by atoms with Gasteiger partial charge in [0.1, 0.15) is 0 Å². The molecule has 1 amide bonds. The Morgan fingerprint density at radius 2 is 2.28 bits per heavy atom. The standard InChI is InChI=1S/C11H14N2O4S/c1-17-10-3-2-8(6-12-10)11(14)13-9-4-5-18(15,16)7-9/h2-3,6,9H,4-5,7H2,1H3,(H,13,14). The Balaban J connectivity index is 1.99. The second-order valence-electron chi connectivity index (χ2n) is 4.16. The summed E-state index contributed by atoms with van der Waals surface area (Å²) in [4.78, 5) is 15.7. The molecule has 0 aromatic carbocycles. The van der Waals surface area contributed by atoms with Gasteiger partial charge in [-0.25, -0.2) is 13.4 Å². The summed E-state index contributed by atoms with van der Waals surface area (Å²) in [5, 5.41) is 2.69. The van der Waals surface area contributed by atoms with Gasteiger partial charge < -0.3 is 10.1 Å². The molecule has 1 N–H and O–H groups in total. The van der Waals surface area contributed by atoms with Crippen molar-refractivity contribution in [3.05, 3.63) is 23.9 Å². The lowest BCUT2D eigenvalue weighted by molar-refractivity contribution is 0.0940. The number of hydrogen-bond acceptors (Lipinski definition) is 5. The van der Waals surface area contributed by atoms with Crippen LogP contribution in [0.15, 0.2) is 18.3 Å². The highest BCUT2D eigenvalue weighted by atomic mass is 32.2. The Morgan fingerprint density at radius 1 is 1.50 bits per heavy atom. The van der Waals surface area contributed by atoms with Crippen LogP contribution in [0.1, 0.15) is 16.8 Å². The van der Waals surface area contributed by atoms with Crippen LogP contribution in [-0.4, -0.2) is 44.0 Å². The Labute approximate surface area is 105 Å². The molecule has 1 aromatic heterocycles. The molecule has 18 heavy (non-hydrogen) atoms. The minimum absolute atomic E-state index is 0.0162. The quantitative estimate of drug-likeness (QED) is 0.836. The minimum Gasteiger partial charge on any atom is -0.481 e. The lowest BCUT2D eigenvalue weighted by atomic mass is 10.2. The predicted octanol–water partition coefficient (Wildman–Crippen LogP) is 0.00710. The summed E-state index contributed by atoms with van der Waals surface area (Å²) in [6.45, 7) is 0. The number of amides is 1. The second-order valence-corrected chi connectivity index (χ2v) is 6.39. The number of rotatable bonds is 3. The van der Waals surface area contributed by atoms with E-state index in [4.69, 9.17) is 4.74 Å². The number of carbonyl (C=O) groups is 1. The topological polar surface area (TPSA) is 85.4 Å². The molecule has 1 fully saturated rings. The Bertz CT molecular complexity index is 539. The van der Waals surface area contributed by atoms with Gasteiger partial charge in [-0.3, -0.25) is 4.79 Å². The van der Waals surface area contributed by atoms with E-state index in [-0.39, 0.29) is 23.5 Å². The van der Waals surface area contributed by atoms with Crippen LogP contribution in [0.2, 0.25) is 0 Å². The van der Waals surface area contributed by atoms with Gasteiger partial charge in [-0.1, -0.05) is 0 Å². The minimum atomic E-state index is -2.98. The van der Waals surface area contributed by atoms with Crippen molar-refractivity contribution in [2.45, 2.75) is 12.5 Å². The monoisotopic (exact) mass is 270 g/mol. The van der Waals surface area contributed by atoms with E-state index in [0.717, 1.165) is 0 Å². The van der Waals surface area contributed by atoms with Gasteiger partial charge in [-0.15, -0.1) is 0 Å². The lowest BCUT2D eigenvalue weighted by Gasteiger charge is -2.10. The predicted molar refractivity (Wildman–Crippen MR) is 65.3 cm³/mol. The van der Waals surface area contributed by atoms with Gasteiger partial charge in [0.05, 0.1) is 24.2 Å². The van der Waals surface area contributed by atoms with Crippen molar-refractivity contribution in [3.63, 3.8) is 0 Å². The zero-order valence-electron chi connectivity index (χ0n) is 9.92. The normalized spacial score (nSPS) is 21.5. The number of nitrogens with one attached hydrogen (secondary N) is 1. The van der Waals surface area contributed by atoms with Crippen molar-refractivity contribution in [2.75, 3.05) is 18.6 Å². The van der Waals surface area contributed by atoms with Crippen LogP contribution in [0.5, 0.6) is 5.88 Å². The maximum Gasteiger partial charge on any atom is 0.253 e. The third kappa shape index (κ3) is 2.98. The first-order valence-electron chi connectivity index (χ1n) is 5.51. The van der Waals surface area contributed by atoms with Crippen LogP contribution in [-0.2, 0) is 9.84 Å². The van der Waals surface area contributed by atoms with E-state index in [1.807, 2.05) is 0 Å². The van der Waals surface area contributed by atoms with E-state index in [1.54, 1.807) is 12.1 Å². The molecule has 1 aliphatic rings.